The smallest absolute Gasteiger partial charge is 0.332 e. The molecule has 0 aromatic heterocycles. The van der Waals surface area contributed by atoms with Crippen LogP contribution < -0.4 is 5.48 Å². The zero-order valence-corrected chi connectivity index (χ0v) is 7.94. The van der Waals surface area contributed by atoms with Crippen molar-refractivity contribution in [3.05, 3.63) is 0 Å². The minimum atomic E-state index is -1.19. The maximum Gasteiger partial charge on any atom is 0.332 e. The standard InChI is InChI=1S/C7H12N2O5/c1-5(10)9(2)3-6(11)8-14-4-7(12)13/h3-4H2,1-2H3,(H,8,11)(H,12,13). The van der Waals surface area contributed by atoms with Crippen molar-refractivity contribution in [3.63, 3.8) is 0 Å². The van der Waals surface area contributed by atoms with E-state index in [9.17, 15) is 14.4 Å². The fraction of sp³-hybridized carbons (Fsp3) is 0.571. The molecule has 7 nitrogen and oxygen atoms in total. The number of hydrogen-bond acceptors (Lipinski definition) is 4. The third-order valence-corrected chi connectivity index (χ3v) is 1.30. The number of carboxylic acid groups (broad SMARTS) is 1. The first-order valence-electron chi connectivity index (χ1n) is 3.77. The normalized spacial score (nSPS) is 9.29. The quantitative estimate of drug-likeness (QED) is 0.537. The molecule has 0 spiro atoms. The third kappa shape index (κ3) is 5.95. The van der Waals surface area contributed by atoms with Gasteiger partial charge in [0.2, 0.25) is 5.91 Å². The molecule has 0 fully saturated rings. The maximum absolute atomic E-state index is 10.9. The van der Waals surface area contributed by atoms with Gasteiger partial charge in [0.1, 0.15) is 6.54 Å². The number of carbonyl (C=O) groups is 3. The Labute approximate surface area is 80.6 Å². The highest BCUT2D eigenvalue weighted by Crippen LogP contribution is 1.82. The Balaban J connectivity index is 3.65. The minimum Gasteiger partial charge on any atom is -0.479 e. The number of rotatable bonds is 5. The Hall–Kier alpha value is -1.63. The lowest BCUT2D eigenvalue weighted by Gasteiger charge is -2.13. The number of nitrogens with zero attached hydrogens (tertiary/aromatic N) is 1. The van der Waals surface area contributed by atoms with Gasteiger partial charge in [0.05, 0.1) is 0 Å². The van der Waals surface area contributed by atoms with E-state index in [0.717, 1.165) is 0 Å². The number of nitrogens with one attached hydrogen (secondary N) is 1. The van der Waals surface area contributed by atoms with Crippen LogP contribution in [0.1, 0.15) is 6.92 Å². The fourth-order valence-corrected chi connectivity index (χ4v) is 0.537. The van der Waals surface area contributed by atoms with E-state index >= 15 is 0 Å². The molecular weight excluding hydrogens is 192 g/mol. The lowest BCUT2D eigenvalue weighted by Crippen LogP contribution is -2.38. The van der Waals surface area contributed by atoms with Crippen LogP contribution in [-0.4, -0.2) is 48.0 Å². The monoisotopic (exact) mass is 204 g/mol. The largest absolute Gasteiger partial charge is 0.479 e. The van der Waals surface area contributed by atoms with Gasteiger partial charge in [0, 0.05) is 14.0 Å². The number of amides is 2. The molecule has 0 saturated carbocycles. The van der Waals surface area contributed by atoms with Crippen molar-refractivity contribution < 1.29 is 24.3 Å². The van der Waals surface area contributed by atoms with Crippen LogP contribution in [-0.2, 0) is 19.2 Å². The number of likely N-dealkylation sites (N-methyl/N-ethyl adjacent to an activating group) is 1. The van der Waals surface area contributed by atoms with Crippen LogP contribution in [0.15, 0.2) is 0 Å². The van der Waals surface area contributed by atoms with Crippen molar-refractivity contribution in [2.75, 3.05) is 20.2 Å². The van der Waals surface area contributed by atoms with Crippen molar-refractivity contribution in [1.82, 2.24) is 10.4 Å². The minimum absolute atomic E-state index is 0.172. The summed E-state index contributed by atoms with van der Waals surface area (Å²) in [6.45, 7) is 0.524. The van der Waals surface area contributed by atoms with Gasteiger partial charge in [-0.2, -0.15) is 0 Å². The average Bonchev–Trinajstić information content (AvgIpc) is 2.02. The van der Waals surface area contributed by atoms with Gasteiger partial charge < -0.3 is 10.0 Å². The van der Waals surface area contributed by atoms with E-state index in [-0.39, 0.29) is 12.5 Å². The Kier molecular flexibility index (Phi) is 5.23. The van der Waals surface area contributed by atoms with E-state index in [1.54, 1.807) is 0 Å². The summed E-state index contributed by atoms with van der Waals surface area (Å²) in [6.07, 6.45) is 0. The molecular formula is C7H12N2O5. The highest BCUT2D eigenvalue weighted by molar-refractivity contribution is 5.83. The summed E-state index contributed by atoms with van der Waals surface area (Å²) in [4.78, 5) is 37.0. The summed E-state index contributed by atoms with van der Waals surface area (Å²) >= 11 is 0. The van der Waals surface area contributed by atoms with Gasteiger partial charge in [-0.05, 0) is 0 Å². The van der Waals surface area contributed by atoms with Gasteiger partial charge in [-0.25, -0.2) is 10.3 Å². The van der Waals surface area contributed by atoms with E-state index in [2.05, 4.69) is 4.84 Å². The molecule has 0 bridgehead atoms. The van der Waals surface area contributed by atoms with Crippen LogP contribution >= 0.6 is 0 Å². The summed E-state index contributed by atoms with van der Waals surface area (Å²) in [5.74, 6) is -2.03. The van der Waals surface area contributed by atoms with Crippen molar-refractivity contribution in [2.24, 2.45) is 0 Å². The zero-order valence-electron chi connectivity index (χ0n) is 7.94. The Morgan fingerprint density at radius 3 is 2.43 bits per heavy atom. The molecule has 0 rings (SSSR count). The van der Waals surface area contributed by atoms with Crippen LogP contribution in [0.4, 0.5) is 0 Å². The van der Waals surface area contributed by atoms with Gasteiger partial charge in [-0.1, -0.05) is 0 Å². The Bertz CT molecular complexity index is 240. The Morgan fingerprint density at radius 1 is 1.43 bits per heavy atom. The lowest BCUT2D eigenvalue weighted by atomic mass is 10.5. The van der Waals surface area contributed by atoms with Gasteiger partial charge >= 0.3 is 5.97 Å². The van der Waals surface area contributed by atoms with E-state index in [0.29, 0.717) is 0 Å². The van der Waals surface area contributed by atoms with Crippen LogP contribution in [0.5, 0.6) is 0 Å². The maximum atomic E-state index is 10.9. The van der Waals surface area contributed by atoms with Crippen molar-refractivity contribution >= 4 is 17.8 Å². The predicted octanol–water partition coefficient (Wildman–Crippen LogP) is -1.40. The fourth-order valence-electron chi connectivity index (χ4n) is 0.537. The highest BCUT2D eigenvalue weighted by Gasteiger charge is 2.08. The van der Waals surface area contributed by atoms with Crippen LogP contribution in [0.25, 0.3) is 0 Å². The first kappa shape index (κ1) is 12.4. The lowest BCUT2D eigenvalue weighted by molar-refractivity contribution is -0.150. The SMILES string of the molecule is CC(=O)N(C)CC(=O)NOCC(=O)O. The zero-order chi connectivity index (χ0) is 11.1. The van der Waals surface area contributed by atoms with E-state index in [1.807, 2.05) is 5.48 Å². The van der Waals surface area contributed by atoms with Crippen molar-refractivity contribution in [1.29, 1.82) is 0 Å². The second-order valence-electron chi connectivity index (χ2n) is 2.58. The molecule has 0 aliphatic heterocycles. The molecule has 0 heterocycles. The number of hydroxylamine groups is 1. The molecule has 14 heavy (non-hydrogen) atoms. The van der Waals surface area contributed by atoms with E-state index in [4.69, 9.17) is 5.11 Å². The molecule has 7 heteroatoms. The van der Waals surface area contributed by atoms with Gasteiger partial charge in [0.15, 0.2) is 6.61 Å². The van der Waals surface area contributed by atoms with Gasteiger partial charge in [0.25, 0.3) is 5.91 Å². The molecule has 0 unspecified atom stereocenters. The highest BCUT2D eigenvalue weighted by atomic mass is 16.7. The average molecular weight is 204 g/mol. The molecule has 0 aromatic rings. The third-order valence-electron chi connectivity index (χ3n) is 1.30. The molecule has 0 saturated heterocycles. The number of hydrogen-bond donors (Lipinski definition) is 2. The molecule has 80 valence electrons. The molecule has 0 aliphatic rings. The second-order valence-corrected chi connectivity index (χ2v) is 2.58. The Morgan fingerprint density at radius 2 is 2.00 bits per heavy atom. The van der Waals surface area contributed by atoms with Crippen molar-refractivity contribution in [2.45, 2.75) is 6.92 Å². The topological polar surface area (TPSA) is 95.9 Å². The molecule has 0 aromatic carbocycles. The van der Waals surface area contributed by atoms with Crippen LogP contribution in [0.3, 0.4) is 0 Å². The summed E-state index contributed by atoms with van der Waals surface area (Å²) in [5, 5.41) is 8.16. The van der Waals surface area contributed by atoms with Gasteiger partial charge in [-0.15, -0.1) is 0 Å². The summed E-state index contributed by atoms with van der Waals surface area (Å²) < 4.78 is 0. The molecule has 0 aliphatic carbocycles. The molecule has 0 atom stereocenters. The van der Waals surface area contributed by atoms with E-state index in [1.165, 1.54) is 18.9 Å². The first-order valence-corrected chi connectivity index (χ1v) is 3.77. The number of carbonyl (C=O) groups excluding carboxylic acids is 2. The molecule has 0 radical (unpaired) electrons. The number of carboxylic acids is 1. The van der Waals surface area contributed by atoms with Gasteiger partial charge in [-0.3, -0.25) is 14.4 Å². The van der Waals surface area contributed by atoms with Crippen LogP contribution in [0, 0.1) is 0 Å². The summed E-state index contributed by atoms with van der Waals surface area (Å²) in [6, 6.07) is 0. The summed E-state index contributed by atoms with van der Waals surface area (Å²) in [5.41, 5.74) is 1.89. The predicted molar refractivity (Wildman–Crippen MR) is 45.0 cm³/mol. The van der Waals surface area contributed by atoms with E-state index < -0.39 is 18.5 Å². The molecule has 2 amide bonds. The van der Waals surface area contributed by atoms with Crippen molar-refractivity contribution in [3.8, 4) is 0 Å². The van der Waals surface area contributed by atoms with Crippen LogP contribution in [0.2, 0.25) is 0 Å². The number of aliphatic carboxylic acids is 1. The molecule has 2 N–H and O–H groups in total. The summed E-state index contributed by atoms with van der Waals surface area (Å²) in [7, 11) is 1.44. The first-order chi connectivity index (χ1) is 6.43. The second kappa shape index (κ2) is 5.92.